The van der Waals surface area contributed by atoms with Crippen molar-refractivity contribution < 1.29 is 33.4 Å². The first kappa shape index (κ1) is 35.2. The summed E-state index contributed by atoms with van der Waals surface area (Å²) in [6.07, 6.45) is 5.89. The molecule has 2 rings (SSSR count). The number of anilines is 1. The van der Waals surface area contributed by atoms with Gasteiger partial charge in [-0.1, -0.05) is 26.7 Å². The van der Waals surface area contributed by atoms with Crippen molar-refractivity contribution in [2.24, 2.45) is 17.3 Å². The summed E-state index contributed by atoms with van der Waals surface area (Å²) >= 11 is 1.55. The smallest absolute Gasteiger partial charge is 0.394 e. The summed E-state index contributed by atoms with van der Waals surface area (Å²) in [5.41, 5.74) is 2.89. The molecular weight excluding hydrogens is 544 g/mol. The number of aromatic nitrogens is 1. The maximum atomic E-state index is 8.99. The second-order valence-electron chi connectivity index (χ2n) is 9.92. The second-order valence-corrected chi connectivity index (χ2v) is 10.8. The van der Waals surface area contributed by atoms with Gasteiger partial charge in [0.25, 0.3) is 0 Å². The van der Waals surface area contributed by atoms with E-state index in [0.29, 0.717) is 52.7 Å². The normalized spacial score (nSPS) is 13.2. The van der Waals surface area contributed by atoms with E-state index < -0.39 is 0 Å². The van der Waals surface area contributed by atoms with Crippen molar-refractivity contribution in [3.63, 3.8) is 0 Å². The van der Waals surface area contributed by atoms with E-state index in [0.717, 1.165) is 54.4 Å². The van der Waals surface area contributed by atoms with Gasteiger partial charge in [-0.05, 0) is 60.0 Å². The van der Waals surface area contributed by atoms with E-state index in [2.05, 4.69) is 41.1 Å². The van der Waals surface area contributed by atoms with E-state index in [1.54, 1.807) is 18.4 Å². The average Bonchev–Trinajstić information content (AvgIpc) is 3.39. The number of hydrogen-bond acceptors (Lipinski definition) is 10. The Labute approximate surface area is 250 Å². The van der Waals surface area contributed by atoms with Gasteiger partial charge in [0.15, 0.2) is 0 Å². The summed E-state index contributed by atoms with van der Waals surface area (Å²) in [6, 6.07) is 6.21. The monoisotopic (exact) mass is 595 g/mol. The van der Waals surface area contributed by atoms with Crippen molar-refractivity contribution in [2.45, 2.75) is 58.7 Å². The van der Waals surface area contributed by atoms with Crippen LogP contribution < -0.4 is 9.47 Å². The number of aliphatic hydroxyl groups excluding tert-OH is 1. The van der Waals surface area contributed by atoms with Crippen molar-refractivity contribution >= 4 is 27.8 Å². The molecule has 11 heteroatoms. The zero-order valence-corrected chi connectivity index (χ0v) is 26.4. The number of nitrogens with zero attached hydrogens (tertiary/aromatic N) is 4. The topological polar surface area (TPSA) is 98.2 Å². The van der Waals surface area contributed by atoms with Gasteiger partial charge in [0.05, 0.1) is 64.0 Å². The molecule has 0 spiro atoms. The highest BCUT2D eigenvalue weighted by Gasteiger charge is 2.21. The van der Waals surface area contributed by atoms with Gasteiger partial charge < -0.3 is 33.7 Å². The Bertz CT molecular complexity index is 976. The van der Waals surface area contributed by atoms with Gasteiger partial charge in [-0.2, -0.15) is 0 Å². The molecule has 2 aromatic rings. The van der Waals surface area contributed by atoms with E-state index in [9.17, 15) is 0 Å². The minimum absolute atomic E-state index is 0.00322. The van der Waals surface area contributed by atoms with Crippen LogP contribution in [0, 0.1) is 6.92 Å². The Hall–Kier alpha value is -1.99. The molecule has 0 aliphatic rings. The summed E-state index contributed by atoms with van der Waals surface area (Å²) in [5.74, 6) is 0. The number of hydrogen-bond donors (Lipinski definition) is 1. The van der Waals surface area contributed by atoms with E-state index in [1.807, 2.05) is 36.2 Å². The molecule has 10 nitrogen and oxygen atoms in total. The molecule has 41 heavy (non-hydrogen) atoms. The minimum atomic E-state index is -0.179. The molecule has 0 aliphatic heterocycles. The van der Waals surface area contributed by atoms with Crippen LogP contribution in [0.1, 0.15) is 45.1 Å². The molecule has 1 aromatic heterocycles. The Morgan fingerprint density at radius 1 is 0.927 bits per heavy atom. The number of thiazole rings is 1. The summed E-state index contributed by atoms with van der Waals surface area (Å²) < 4.78 is 31.3. The van der Waals surface area contributed by atoms with Gasteiger partial charge in [-0.3, -0.25) is 0 Å². The fourth-order valence-electron chi connectivity index (χ4n) is 3.96. The van der Waals surface area contributed by atoms with Crippen molar-refractivity contribution in [1.29, 1.82) is 0 Å². The quantitative estimate of drug-likeness (QED) is 0.102. The lowest BCUT2D eigenvalue weighted by atomic mass is 10.1. The molecule has 1 N–H and O–H groups in total. The van der Waals surface area contributed by atoms with Gasteiger partial charge >= 0.3 is 5.13 Å². The van der Waals surface area contributed by atoms with Crippen LogP contribution in [0.2, 0.25) is 0 Å². The number of ether oxygens (including phenoxy) is 5. The molecule has 0 fully saturated rings. The van der Waals surface area contributed by atoms with Gasteiger partial charge in [0.1, 0.15) is 11.9 Å². The van der Waals surface area contributed by atoms with Crippen LogP contribution in [0.3, 0.4) is 0 Å². The van der Waals surface area contributed by atoms with Crippen LogP contribution in [-0.4, -0.2) is 90.4 Å². The zero-order valence-electron chi connectivity index (χ0n) is 25.6. The summed E-state index contributed by atoms with van der Waals surface area (Å²) in [7, 11) is 3.69. The lowest BCUT2D eigenvalue weighted by Gasteiger charge is -2.32. The number of aryl methyl sites for hydroxylation is 2. The molecule has 2 atom stereocenters. The molecule has 0 saturated heterocycles. The number of methoxy groups -OCH3 is 1. The number of azo groups is 1. The highest BCUT2D eigenvalue weighted by molar-refractivity contribution is 7.12. The molecule has 232 valence electrons. The first-order valence-corrected chi connectivity index (χ1v) is 15.6. The van der Waals surface area contributed by atoms with Gasteiger partial charge in [-0.15, -0.1) is 0 Å². The minimum Gasteiger partial charge on any atom is -0.394 e. The number of unbranched alkanes of at least 4 members (excludes halogenated alkanes) is 2. The van der Waals surface area contributed by atoms with Gasteiger partial charge in [0, 0.05) is 44.5 Å². The first-order chi connectivity index (χ1) is 20.0. The maximum Gasteiger partial charge on any atom is 0.408 e. The lowest BCUT2D eigenvalue weighted by Crippen LogP contribution is -2.43. The third-order valence-electron chi connectivity index (χ3n) is 6.44. The molecule has 1 aromatic carbocycles. The van der Waals surface area contributed by atoms with Gasteiger partial charge in [0.2, 0.25) is 0 Å². The molecule has 0 amide bonds. The third kappa shape index (κ3) is 14.2. The highest BCUT2D eigenvalue weighted by atomic mass is 32.1. The van der Waals surface area contributed by atoms with Gasteiger partial charge in [-0.25, -0.2) is 4.57 Å². The fraction of sp³-hybridized carbons (Fsp3) is 0.700. The Balaban J connectivity index is 2.22. The molecular formula is C30H51N4O6S+. The van der Waals surface area contributed by atoms with Crippen LogP contribution in [0.5, 0.6) is 0 Å². The van der Waals surface area contributed by atoms with Crippen LogP contribution in [-0.2, 0) is 30.7 Å². The largest absolute Gasteiger partial charge is 0.408 e. The van der Waals surface area contributed by atoms with Crippen LogP contribution in [0.15, 0.2) is 40.0 Å². The summed E-state index contributed by atoms with van der Waals surface area (Å²) in [5, 5.41) is 20.8. The molecule has 0 radical (unpaired) electrons. The number of benzene rings is 1. The van der Waals surface area contributed by atoms with Crippen LogP contribution >= 0.6 is 11.3 Å². The maximum absolute atomic E-state index is 8.99. The Kier molecular flexibility index (Phi) is 18.6. The fourth-order valence-corrected chi connectivity index (χ4v) is 4.64. The van der Waals surface area contributed by atoms with E-state index >= 15 is 0 Å². The second kappa shape index (κ2) is 21.7. The molecule has 2 unspecified atom stereocenters. The van der Waals surface area contributed by atoms with Crippen LogP contribution in [0.4, 0.5) is 16.5 Å². The summed E-state index contributed by atoms with van der Waals surface area (Å²) in [6.45, 7) is 11.1. The van der Waals surface area contributed by atoms with Crippen LogP contribution in [0.25, 0.3) is 0 Å². The van der Waals surface area contributed by atoms with Crippen molar-refractivity contribution in [3.05, 3.63) is 35.3 Å². The molecule has 0 bridgehead atoms. The predicted molar refractivity (Wildman–Crippen MR) is 163 cm³/mol. The lowest BCUT2D eigenvalue weighted by molar-refractivity contribution is -0.654. The number of aliphatic hydroxyl groups is 1. The Morgan fingerprint density at radius 2 is 1.63 bits per heavy atom. The van der Waals surface area contributed by atoms with Crippen molar-refractivity contribution in [1.82, 2.24) is 0 Å². The third-order valence-corrected chi connectivity index (χ3v) is 7.28. The molecule has 0 aliphatic carbocycles. The van der Waals surface area contributed by atoms with Crippen molar-refractivity contribution in [3.8, 4) is 0 Å². The van der Waals surface area contributed by atoms with Crippen molar-refractivity contribution in [2.75, 3.05) is 78.0 Å². The standard InChI is InChI=1S/C30H51N4O6S/c1-6-8-14-38-23-27(36-5)21-34(22-28(24-39-15-9-7-2)40-18-17-37-16-13-35)26-10-11-29(25(3)20-26)31-32-30-33(4)12-19-41-30/h10-12,19-20,27-28,35H,6-9,13-18,21-24H2,1-5H3/q+1. The predicted octanol–water partition coefficient (Wildman–Crippen LogP) is 5.15. The highest BCUT2D eigenvalue weighted by Crippen LogP contribution is 2.27. The first-order valence-electron chi connectivity index (χ1n) is 14.7. The Morgan fingerprint density at radius 3 is 2.24 bits per heavy atom. The van der Waals surface area contributed by atoms with E-state index in [-0.39, 0.29) is 18.8 Å². The summed E-state index contributed by atoms with van der Waals surface area (Å²) in [4.78, 5) is 2.27. The average molecular weight is 596 g/mol. The molecule has 1 heterocycles. The SMILES string of the molecule is CCCCOCC(CN(CC(COCCCC)OCCOCCO)c1ccc(N=Nc2scc[n+]2C)c(C)c1)OC. The number of rotatable bonds is 24. The van der Waals surface area contributed by atoms with E-state index in [4.69, 9.17) is 28.8 Å². The van der Waals surface area contributed by atoms with E-state index in [1.165, 1.54) is 0 Å². The molecule has 0 saturated carbocycles. The zero-order chi connectivity index (χ0) is 29.7.